The van der Waals surface area contributed by atoms with E-state index >= 15 is 0 Å². The summed E-state index contributed by atoms with van der Waals surface area (Å²) in [5.74, 6) is 0. The molecule has 2 unspecified atom stereocenters. The van der Waals surface area contributed by atoms with Crippen molar-refractivity contribution < 1.29 is 4.74 Å². The van der Waals surface area contributed by atoms with E-state index in [1.54, 1.807) is 0 Å². The maximum Gasteiger partial charge on any atom is 0.0647 e. The normalized spacial score (nSPS) is 37.2. The maximum absolute atomic E-state index is 5.51. The highest BCUT2D eigenvalue weighted by molar-refractivity contribution is 7.81. The lowest BCUT2D eigenvalue weighted by Gasteiger charge is -2.49. The van der Waals surface area contributed by atoms with Crippen LogP contribution in [-0.2, 0) is 4.74 Å². The Morgan fingerprint density at radius 3 is 2.50 bits per heavy atom. The molecule has 0 bridgehead atoms. The minimum absolute atomic E-state index is 0.291. The molecule has 1 aliphatic carbocycles. The van der Waals surface area contributed by atoms with Crippen LogP contribution in [0.25, 0.3) is 0 Å². The summed E-state index contributed by atoms with van der Waals surface area (Å²) in [7, 11) is 0. The lowest BCUT2D eigenvalue weighted by molar-refractivity contribution is -0.0815. The van der Waals surface area contributed by atoms with Crippen molar-refractivity contribution in [1.29, 1.82) is 0 Å². The van der Waals surface area contributed by atoms with Crippen LogP contribution >= 0.6 is 12.6 Å². The third-order valence-electron chi connectivity index (χ3n) is 2.49. The first-order valence-corrected chi connectivity index (χ1v) is 4.40. The Balaban J connectivity index is 2.39. The van der Waals surface area contributed by atoms with Gasteiger partial charge in [0.2, 0.25) is 0 Å². The molecule has 1 saturated carbocycles. The zero-order valence-corrected chi connectivity index (χ0v) is 7.82. The van der Waals surface area contributed by atoms with E-state index in [2.05, 4.69) is 26.5 Å². The number of ether oxygens (including phenoxy) is 1. The fourth-order valence-corrected chi connectivity index (χ4v) is 1.71. The molecular formula is C8H16OS. The van der Waals surface area contributed by atoms with Crippen molar-refractivity contribution >= 4 is 12.6 Å². The Hall–Kier alpha value is 0.310. The van der Waals surface area contributed by atoms with Gasteiger partial charge in [-0.1, -0.05) is 13.8 Å². The van der Waals surface area contributed by atoms with Crippen LogP contribution < -0.4 is 0 Å². The van der Waals surface area contributed by atoms with Crippen LogP contribution in [-0.4, -0.2) is 18.0 Å². The van der Waals surface area contributed by atoms with Crippen molar-refractivity contribution in [2.45, 2.75) is 38.5 Å². The number of hydrogen-bond acceptors (Lipinski definition) is 2. The highest BCUT2D eigenvalue weighted by Crippen LogP contribution is 2.45. The van der Waals surface area contributed by atoms with Crippen molar-refractivity contribution in [3.63, 3.8) is 0 Å². The molecule has 1 fully saturated rings. The minimum Gasteiger partial charge on any atom is -0.378 e. The first kappa shape index (κ1) is 8.41. The average Bonchev–Trinajstić information content (AvgIpc) is 1.88. The zero-order chi connectivity index (χ0) is 7.78. The molecule has 1 aliphatic rings. The second-order valence-corrected chi connectivity index (χ2v) is 4.14. The molecule has 0 N–H and O–H groups in total. The molecule has 10 heavy (non-hydrogen) atoms. The Labute approximate surface area is 68.6 Å². The lowest BCUT2D eigenvalue weighted by atomic mass is 9.68. The SMILES string of the molecule is CCOC1CC(S)C1(C)C. The van der Waals surface area contributed by atoms with E-state index in [1.807, 2.05) is 6.92 Å². The molecule has 0 aromatic heterocycles. The van der Waals surface area contributed by atoms with Gasteiger partial charge >= 0.3 is 0 Å². The molecule has 1 nitrogen and oxygen atoms in total. The summed E-state index contributed by atoms with van der Waals surface area (Å²) in [6.07, 6.45) is 1.56. The van der Waals surface area contributed by atoms with Gasteiger partial charge in [0.15, 0.2) is 0 Å². The van der Waals surface area contributed by atoms with Gasteiger partial charge in [-0.05, 0) is 13.3 Å². The first-order chi connectivity index (χ1) is 4.59. The van der Waals surface area contributed by atoms with E-state index in [0.717, 1.165) is 13.0 Å². The zero-order valence-electron chi connectivity index (χ0n) is 6.92. The molecule has 2 atom stereocenters. The molecule has 0 heterocycles. The molecule has 0 amide bonds. The standard InChI is InChI=1S/C8H16OS/c1-4-9-6-5-7(10)8(6,2)3/h6-7,10H,4-5H2,1-3H3. The summed E-state index contributed by atoms with van der Waals surface area (Å²) >= 11 is 4.44. The molecule has 0 aliphatic heterocycles. The quantitative estimate of drug-likeness (QED) is 0.609. The highest BCUT2D eigenvalue weighted by atomic mass is 32.1. The first-order valence-electron chi connectivity index (χ1n) is 3.88. The number of rotatable bonds is 2. The minimum atomic E-state index is 0.291. The Morgan fingerprint density at radius 1 is 1.60 bits per heavy atom. The highest BCUT2D eigenvalue weighted by Gasteiger charge is 2.46. The third kappa shape index (κ3) is 1.19. The topological polar surface area (TPSA) is 9.23 Å². The molecule has 60 valence electrons. The average molecular weight is 160 g/mol. The summed E-state index contributed by atoms with van der Waals surface area (Å²) in [5.41, 5.74) is 0.291. The summed E-state index contributed by atoms with van der Waals surface area (Å²) < 4.78 is 5.51. The molecule has 0 spiro atoms. The van der Waals surface area contributed by atoms with Crippen molar-refractivity contribution in [3.8, 4) is 0 Å². The van der Waals surface area contributed by atoms with Gasteiger partial charge in [0, 0.05) is 17.3 Å². The van der Waals surface area contributed by atoms with Crippen molar-refractivity contribution in [3.05, 3.63) is 0 Å². The third-order valence-corrected chi connectivity index (χ3v) is 3.37. The van der Waals surface area contributed by atoms with Crippen LogP contribution in [0.5, 0.6) is 0 Å². The van der Waals surface area contributed by atoms with E-state index in [-0.39, 0.29) is 0 Å². The molecule has 0 aromatic carbocycles. The van der Waals surface area contributed by atoms with Gasteiger partial charge in [0.25, 0.3) is 0 Å². The van der Waals surface area contributed by atoms with E-state index in [9.17, 15) is 0 Å². The predicted octanol–water partition coefficient (Wildman–Crippen LogP) is 2.12. The van der Waals surface area contributed by atoms with Gasteiger partial charge in [0.1, 0.15) is 0 Å². The molecule has 1 rings (SSSR count). The van der Waals surface area contributed by atoms with Crippen LogP contribution in [0.1, 0.15) is 27.2 Å². The van der Waals surface area contributed by atoms with Gasteiger partial charge in [-0.25, -0.2) is 0 Å². The van der Waals surface area contributed by atoms with Gasteiger partial charge in [0.05, 0.1) is 6.10 Å². The van der Waals surface area contributed by atoms with Crippen molar-refractivity contribution in [2.24, 2.45) is 5.41 Å². The van der Waals surface area contributed by atoms with E-state index in [4.69, 9.17) is 4.74 Å². The monoisotopic (exact) mass is 160 g/mol. The fraction of sp³-hybridized carbons (Fsp3) is 1.00. The summed E-state index contributed by atoms with van der Waals surface area (Å²) in [4.78, 5) is 0. The van der Waals surface area contributed by atoms with Gasteiger partial charge in [-0.15, -0.1) is 0 Å². The lowest BCUT2D eigenvalue weighted by Crippen LogP contribution is -2.51. The molecule has 0 radical (unpaired) electrons. The van der Waals surface area contributed by atoms with E-state index in [1.165, 1.54) is 0 Å². The smallest absolute Gasteiger partial charge is 0.0647 e. The number of hydrogen-bond donors (Lipinski definition) is 1. The van der Waals surface area contributed by atoms with Gasteiger partial charge in [-0.3, -0.25) is 0 Å². The van der Waals surface area contributed by atoms with Crippen LogP contribution in [0, 0.1) is 5.41 Å². The van der Waals surface area contributed by atoms with Crippen LogP contribution in [0.4, 0.5) is 0 Å². The Morgan fingerprint density at radius 2 is 2.20 bits per heavy atom. The Kier molecular flexibility index (Phi) is 2.31. The predicted molar refractivity (Wildman–Crippen MR) is 46.6 cm³/mol. The molecule has 0 saturated heterocycles. The fourth-order valence-electron chi connectivity index (χ4n) is 1.35. The van der Waals surface area contributed by atoms with E-state index < -0.39 is 0 Å². The second kappa shape index (κ2) is 2.74. The van der Waals surface area contributed by atoms with Crippen molar-refractivity contribution in [1.82, 2.24) is 0 Å². The largest absolute Gasteiger partial charge is 0.378 e. The van der Waals surface area contributed by atoms with Crippen LogP contribution in [0.15, 0.2) is 0 Å². The maximum atomic E-state index is 5.51. The van der Waals surface area contributed by atoms with Gasteiger partial charge < -0.3 is 4.74 Å². The molecular weight excluding hydrogens is 144 g/mol. The summed E-state index contributed by atoms with van der Waals surface area (Å²) in [6, 6.07) is 0. The van der Waals surface area contributed by atoms with Gasteiger partial charge in [-0.2, -0.15) is 12.6 Å². The Bertz CT molecular complexity index is 120. The number of thiol groups is 1. The van der Waals surface area contributed by atoms with Crippen LogP contribution in [0.3, 0.4) is 0 Å². The van der Waals surface area contributed by atoms with Crippen molar-refractivity contribution in [2.75, 3.05) is 6.61 Å². The second-order valence-electron chi connectivity index (χ2n) is 3.52. The molecule has 2 heteroatoms. The summed E-state index contributed by atoms with van der Waals surface area (Å²) in [6.45, 7) is 7.31. The summed E-state index contributed by atoms with van der Waals surface area (Å²) in [5, 5.41) is 0.532. The molecule has 0 aromatic rings. The van der Waals surface area contributed by atoms with E-state index in [0.29, 0.717) is 16.8 Å². The van der Waals surface area contributed by atoms with Crippen LogP contribution in [0.2, 0.25) is 0 Å².